The third kappa shape index (κ3) is 13.8. The summed E-state index contributed by atoms with van der Waals surface area (Å²) in [7, 11) is 0. The number of rotatable bonds is 11. The first-order valence-corrected chi connectivity index (χ1v) is 9.24. The van der Waals surface area contributed by atoms with Crippen molar-refractivity contribution in [3.8, 4) is 0 Å². The number of hydrogen-bond acceptors (Lipinski definition) is 3. The molecule has 4 N–H and O–H groups in total. The van der Waals surface area contributed by atoms with E-state index in [0.717, 1.165) is 43.9 Å². The summed E-state index contributed by atoms with van der Waals surface area (Å²) < 4.78 is 0. The van der Waals surface area contributed by atoms with Gasteiger partial charge in [-0.25, -0.2) is 0 Å². The first-order chi connectivity index (χ1) is 13.3. The van der Waals surface area contributed by atoms with Crippen molar-refractivity contribution >= 4 is 0 Å². The minimum absolute atomic E-state index is 0. The van der Waals surface area contributed by atoms with Crippen LogP contribution in [0.5, 0.6) is 0 Å². The van der Waals surface area contributed by atoms with Crippen molar-refractivity contribution < 1.29 is 31.1 Å². The smallest absolute Gasteiger partial charge is 0.672 e. The number of pyridine rings is 1. The second-order valence-corrected chi connectivity index (χ2v) is 5.83. The molecule has 5 nitrogen and oxygen atoms in total. The van der Waals surface area contributed by atoms with Crippen LogP contribution in [0.2, 0.25) is 0 Å². The molecule has 0 saturated carbocycles. The molecule has 0 spiro atoms. The second kappa shape index (κ2) is 19.1. The van der Waals surface area contributed by atoms with Gasteiger partial charge in [0.1, 0.15) is 0 Å². The molecule has 0 atom stereocenters. The molecule has 1 aromatic carbocycles. The molecule has 0 unspecified atom stereocenters. The summed E-state index contributed by atoms with van der Waals surface area (Å²) in [6, 6.07) is 13.9. The third-order valence-corrected chi connectivity index (χ3v) is 3.67. The molecule has 28 heavy (non-hydrogen) atoms. The van der Waals surface area contributed by atoms with Crippen LogP contribution in [0.15, 0.2) is 73.5 Å². The fourth-order valence-corrected chi connectivity index (χ4v) is 2.15. The van der Waals surface area contributed by atoms with E-state index in [0.29, 0.717) is 6.54 Å². The quantitative estimate of drug-likeness (QED) is 0.295. The molecule has 0 aliphatic heterocycles. The van der Waals surface area contributed by atoms with Gasteiger partial charge in [-0.05, 0) is 37.2 Å². The Labute approximate surface area is 193 Å². The second-order valence-electron chi connectivity index (χ2n) is 5.83. The average molecular weight is 604 g/mol. The molecular formula is C22H31N5U. The van der Waals surface area contributed by atoms with Crippen LogP contribution < -0.4 is 11.1 Å². The van der Waals surface area contributed by atoms with Crippen LogP contribution in [0.1, 0.15) is 23.2 Å². The Bertz CT molecular complexity index is 629. The van der Waals surface area contributed by atoms with Crippen molar-refractivity contribution in [3.05, 3.63) is 101 Å². The Balaban J connectivity index is 0.000000678. The molecule has 0 bridgehead atoms. The van der Waals surface area contributed by atoms with Crippen molar-refractivity contribution in [2.75, 3.05) is 19.6 Å². The molecule has 1 aromatic heterocycles. The summed E-state index contributed by atoms with van der Waals surface area (Å²) >= 11 is 0. The molecule has 1 heterocycles. The van der Waals surface area contributed by atoms with E-state index in [2.05, 4.69) is 52.5 Å². The Kier molecular flexibility index (Phi) is 18.2. The maximum absolute atomic E-state index is 6.88. The summed E-state index contributed by atoms with van der Waals surface area (Å²) in [5.41, 5.74) is 15.7. The SMILES string of the molecule is C=C/C=C\CCNCC[N-]Cc1ccc(CN)cc1.[NH-]Cc1ccccn1.[U+2]. The Morgan fingerprint density at radius 2 is 1.86 bits per heavy atom. The maximum Gasteiger partial charge on any atom is 2.00 e. The first-order valence-electron chi connectivity index (χ1n) is 9.24. The topological polar surface area (TPSA) is 88.8 Å². The predicted octanol–water partition coefficient (Wildman–Crippen LogP) is 4.37. The molecule has 0 amide bonds. The molecule has 0 aliphatic rings. The number of benzene rings is 1. The Morgan fingerprint density at radius 1 is 1.11 bits per heavy atom. The molecule has 0 fully saturated rings. The minimum Gasteiger partial charge on any atom is -0.672 e. The van der Waals surface area contributed by atoms with E-state index in [1.165, 1.54) is 5.56 Å². The van der Waals surface area contributed by atoms with Crippen molar-refractivity contribution in [3.63, 3.8) is 0 Å². The van der Waals surface area contributed by atoms with E-state index in [-0.39, 0.29) is 37.7 Å². The molecule has 2 rings (SSSR count). The van der Waals surface area contributed by atoms with Gasteiger partial charge in [-0.3, -0.25) is 4.98 Å². The van der Waals surface area contributed by atoms with Gasteiger partial charge in [0.2, 0.25) is 0 Å². The normalized spacial score (nSPS) is 10.1. The van der Waals surface area contributed by atoms with E-state index in [1.807, 2.05) is 24.3 Å². The van der Waals surface area contributed by atoms with E-state index in [4.69, 9.17) is 11.5 Å². The summed E-state index contributed by atoms with van der Waals surface area (Å²) in [4.78, 5) is 3.91. The fraction of sp³-hybridized carbons (Fsp3) is 0.318. The molecule has 0 saturated heterocycles. The van der Waals surface area contributed by atoms with Crippen LogP contribution in [0.4, 0.5) is 0 Å². The van der Waals surface area contributed by atoms with E-state index in [9.17, 15) is 0 Å². The Morgan fingerprint density at radius 3 is 2.43 bits per heavy atom. The van der Waals surface area contributed by atoms with Gasteiger partial charge < -0.3 is 22.1 Å². The number of nitrogens with one attached hydrogen (secondary N) is 2. The minimum atomic E-state index is 0. The number of nitrogens with zero attached hydrogens (tertiary/aromatic N) is 2. The molecular weight excluding hydrogens is 572 g/mol. The maximum atomic E-state index is 6.88. The zero-order chi connectivity index (χ0) is 19.6. The summed E-state index contributed by atoms with van der Waals surface area (Å²) in [5, 5.41) is 7.86. The van der Waals surface area contributed by atoms with Gasteiger partial charge in [0.25, 0.3) is 0 Å². The summed E-state index contributed by atoms with van der Waals surface area (Å²) in [6.45, 7) is 8.06. The van der Waals surface area contributed by atoms with Crippen LogP contribution >= 0.6 is 0 Å². The van der Waals surface area contributed by atoms with Gasteiger partial charge in [-0.2, -0.15) is 0 Å². The average Bonchev–Trinajstić information content (AvgIpc) is 2.74. The fourth-order valence-electron chi connectivity index (χ4n) is 2.15. The van der Waals surface area contributed by atoms with E-state index in [1.54, 1.807) is 12.3 Å². The first kappa shape index (κ1) is 26.7. The van der Waals surface area contributed by atoms with Crippen LogP contribution in [-0.4, -0.2) is 24.6 Å². The predicted molar refractivity (Wildman–Crippen MR) is 115 cm³/mol. The molecule has 6 heteroatoms. The van der Waals surface area contributed by atoms with Gasteiger partial charge in [0.15, 0.2) is 0 Å². The zero-order valence-electron chi connectivity index (χ0n) is 16.5. The Hall–Kier alpha value is -1.26. The molecule has 0 aliphatic carbocycles. The van der Waals surface area contributed by atoms with Gasteiger partial charge in [-0.1, -0.05) is 60.7 Å². The standard InChI is InChI=1S/C16H24N3.C6H7N2.U/c1-2-3-4-5-10-18-11-12-19-14-16-8-6-15(13-17)7-9-16;7-5-6-3-1-2-4-8-6;/h2-4,6-9,18H,1,5,10-14,17H2;1-4,7H,5H2;/q2*-1;+2/b4-3-;;. The molecule has 148 valence electrons. The van der Waals surface area contributed by atoms with Crippen LogP contribution in [0.3, 0.4) is 0 Å². The zero-order valence-corrected chi connectivity index (χ0v) is 20.6. The van der Waals surface area contributed by atoms with Gasteiger partial charge in [0.05, 0.1) is 0 Å². The van der Waals surface area contributed by atoms with E-state index < -0.39 is 0 Å². The number of nitrogens with two attached hydrogens (primary N) is 1. The van der Waals surface area contributed by atoms with Crippen molar-refractivity contribution in [2.24, 2.45) is 5.73 Å². The number of aromatic nitrogens is 1. The number of allylic oxidation sites excluding steroid dienone is 2. The van der Waals surface area contributed by atoms with Crippen molar-refractivity contribution in [1.82, 2.24) is 10.3 Å². The van der Waals surface area contributed by atoms with E-state index >= 15 is 0 Å². The van der Waals surface area contributed by atoms with Gasteiger partial charge in [-0.15, -0.1) is 19.6 Å². The summed E-state index contributed by atoms with van der Waals surface area (Å²) in [5.74, 6) is 0. The van der Waals surface area contributed by atoms with Crippen LogP contribution in [0.25, 0.3) is 11.1 Å². The van der Waals surface area contributed by atoms with Gasteiger partial charge in [0, 0.05) is 18.4 Å². The monoisotopic (exact) mass is 603 g/mol. The molecule has 2 aromatic rings. The van der Waals surface area contributed by atoms with Crippen molar-refractivity contribution in [1.29, 1.82) is 0 Å². The van der Waals surface area contributed by atoms with Gasteiger partial charge >= 0.3 is 31.1 Å². The third-order valence-electron chi connectivity index (χ3n) is 3.67. The van der Waals surface area contributed by atoms with Crippen LogP contribution in [-0.2, 0) is 19.6 Å². The summed E-state index contributed by atoms with van der Waals surface area (Å²) in [6.07, 6.45) is 8.61. The largest absolute Gasteiger partial charge is 2.00 e. The van der Waals surface area contributed by atoms with Crippen LogP contribution in [0, 0.1) is 31.1 Å². The van der Waals surface area contributed by atoms with Crippen molar-refractivity contribution in [2.45, 2.75) is 26.1 Å². The number of hydrogen-bond donors (Lipinski definition) is 2. The molecule has 0 radical (unpaired) electrons.